The second kappa shape index (κ2) is 8.44. The van der Waals surface area contributed by atoms with Gasteiger partial charge >= 0.3 is 0 Å². The maximum Gasteiger partial charge on any atom is 0.251 e. The summed E-state index contributed by atoms with van der Waals surface area (Å²) in [7, 11) is 1.59. The van der Waals surface area contributed by atoms with Crippen LogP contribution in [-0.2, 0) is 6.54 Å². The van der Waals surface area contributed by atoms with Gasteiger partial charge in [0, 0.05) is 17.2 Å². The molecular weight excluding hydrogens is 364 g/mol. The largest absolute Gasteiger partial charge is 0.497 e. The summed E-state index contributed by atoms with van der Waals surface area (Å²) in [5, 5.41) is 6.90. The normalized spacial score (nSPS) is 10.5. The summed E-state index contributed by atoms with van der Waals surface area (Å²) in [5.41, 5.74) is 4.46. The lowest BCUT2D eigenvalue weighted by Gasteiger charge is -2.04. The predicted octanol–water partition coefficient (Wildman–Crippen LogP) is 4.95. The SMILES string of the molecule is COc1ccc(C(=O)NCc2cc(-c3ccc(-c4ccccc4)cc3)on2)cc1. The maximum absolute atomic E-state index is 12.3. The first kappa shape index (κ1) is 18.5. The van der Waals surface area contributed by atoms with Gasteiger partial charge in [-0.15, -0.1) is 0 Å². The Labute approximate surface area is 168 Å². The fraction of sp³-hybridized carbons (Fsp3) is 0.0833. The molecule has 4 aromatic rings. The molecule has 5 nitrogen and oxygen atoms in total. The van der Waals surface area contributed by atoms with Crippen molar-refractivity contribution in [1.29, 1.82) is 0 Å². The van der Waals surface area contributed by atoms with E-state index in [1.807, 2.05) is 36.4 Å². The maximum atomic E-state index is 12.3. The van der Waals surface area contributed by atoms with Crippen LogP contribution in [0.5, 0.6) is 5.75 Å². The zero-order valence-corrected chi connectivity index (χ0v) is 16.0. The molecule has 0 saturated heterocycles. The molecule has 0 unspecified atom stereocenters. The van der Waals surface area contributed by atoms with Crippen LogP contribution in [0.3, 0.4) is 0 Å². The Hall–Kier alpha value is -3.86. The Kier molecular flexibility index (Phi) is 5.38. The van der Waals surface area contributed by atoms with Crippen LogP contribution in [0.1, 0.15) is 16.1 Å². The van der Waals surface area contributed by atoms with Crippen LogP contribution in [0.2, 0.25) is 0 Å². The molecule has 0 atom stereocenters. The van der Waals surface area contributed by atoms with Gasteiger partial charge in [-0.1, -0.05) is 59.8 Å². The van der Waals surface area contributed by atoms with Gasteiger partial charge in [-0.3, -0.25) is 4.79 Å². The molecule has 0 saturated carbocycles. The summed E-state index contributed by atoms with van der Waals surface area (Å²) in [4.78, 5) is 12.3. The molecule has 4 rings (SSSR count). The molecule has 0 fully saturated rings. The first-order chi connectivity index (χ1) is 14.2. The molecule has 0 bridgehead atoms. The van der Waals surface area contributed by atoms with Crippen molar-refractivity contribution < 1.29 is 14.1 Å². The first-order valence-electron chi connectivity index (χ1n) is 9.26. The Balaban J connectivity index is 1.39. The lowest BCUT2D eigenvalue weighted by Crippen LogP contribution is -2.22. The number of hydrogen-bond donors (Lipinski definition) is 1. The van der Waals surface area contributed by atoms with Crippen LogP contribution in [0.15, 0.2) is 89.5 Å². The molecule has 29 heavy (non-hydrogen) atoms. The quantitative estimate of drug-likeness (QED) is 0.511. The van der Waals surface area contributed by atoms with Crippen molar-refractivity contribution in [3.63, 3.8) is 0 Å². The van der Waals surface area contributed by atoms with Gasteiger partial charge in [0.15, 0.2) is 5.76 Å². The van der Waals surface area contributed by atoms with Crippen LogP contribution in [-0.4, -0.2) is 18.2 Å². The van der Waals surface area contributed by atoms with Crippen molar-refractivity contribution in [2.45, 2.75) is 6.54 Å². The summed E-state index contributed by atoms with van der Waals surface area (Å²) in [6, 6.07) is 27.1. The number of methoxy groups -OCH3 is 1. The number of hydrogen-bond acceptors (Lipinski definition) is 4. The van der Waals surface area contributed by atoms with Crippen LogP contribution < -0.4 is 10.1 Å². The lowest BCUT2D eigenvalue weighted by atomic mass is 10.0. The fourth-order valence-electron chi connectivity index (χ4n) is 3.00. The van der Waals surface area contributed by atoms with E-state index < -0.39 is 0 Å². The average Bonchev–Trinajstić information content (AvgIpc) is 3.27. The van der Waals surface area contributed by atoms with E-state index in [1.165, 1.54) is 5.56 Å². The standard InChI is InChI=1S/C24H20N2O3/c1-28-22-13-11-20(12-14-22)24(27)25-16-21-15-23(29-26-21)19-9-7-18(8-10-19)17-5-3-2-4-6-17/h2-15H,16H2,1H3,(H,25,27). The van der Waals surface area contributed by atoms with Gasteiger partial charge in [0.05, 0.1) is 13.7 Å². The van der Waals surface area contributed by atoms with Crippen molar-refractivity contribution in [3.05, 3.63) is 96.2 Å². The average molecular weight is 384 g/mol. The minimum atomic E-state index is -0.176. The van der Waals surface area contributed by atoms with Crippen molar-refractivity contribution in [2.24, 2.45) is 0 Å². The first-order valence-corrected chi connectivity index (χ1v) is 9.26. The van der Waals surface area contributed by atoms with Gasteiger partial charge < -0.3 is 14.6 Å². The van der Waals surface area contributed by atoms with E-state index in [0.717, 1.165) is 11.1 Å². The molecular formula is C24H20N2O3. The third-order valence-electron chi connectivity index (χ3n) is 4.62. The van der Waals surface area contributed by atoms with Crippen molar-refractivity contribution >= 4 is 5.91 Å². The van der Waals surface area contributed by atoms with Gasteiger partial charge in [-0.2, -0.15) is 0 Å². The number of ether oxygens (including phenoxy) is 1. The van der Waals surface area contributed by atoms with E-state index in [-0.39, 0.29) is 12.5 Å². The van der Waals surface area contributed by atoms with E-state index in [9.17, 15) is 4.79 Å². The summed E-state index contributed by atoms with van der Waals surface area (Å²) in [6.45, 7) is 0.288. The van der Waals surface area contributed by atoms with Gasteiger partial charge in [-0.25, -0.2) is 0 Å². The molecule has 1 amide bonds. The number of nitrogens with zero attached hydrogens (tertiary/aromatic N) is 1. The fourth-order valence-corrected chi connectivity index (χ4v) is 3.00. The molecule has 0 aliphatic rings. The second-order valence-corrected chi connectivity index (χ2v) is 6.54. The van der Waals surface area contributed by atoms with Crippen LogP contribution in [0.4, 0.5) is 0 Å². The van der Waals surface area contributed by atoms with Crippen LogP contribution in [0, 0.1) is 0 Å². The van der Waals surface area contributed by atoms with Gasteiger partial charge in [0.1, 0.15) is 11.4 Å². The van der Waals surface area contributed by atoms with Crippen LogP contribution in [0.25, 0.3) is 22.5 Å². The van der Waals surface area contributed by atoms with Crippen molar-refractivity contribution in [1.82, 2.24) is 10.5 Å². The molecule has 5 heteroatoms. The molecule has 3 aromatic carbocycles. The van der Waals surface area contributed by atoms with Crippen LogP contribution >= 0.6 is 0 Å². The Bertz CT molecular complexity index is 1090. The molecule has 0 aliphatic heterocycles. The van der Waals surface area contributed by atoms with E-state index in [1.54, 1.807) is 31.4 Å². The van der Waals surface area contributed by atoms with E-state index in [4.69, 9.17) is 9.26 Å². The minimum Gasteiger partial charge on any atom is -0.497 e. The Morgan fingerprint density at radius 2 is 1.55 bits per heavy atom. The Morgan fingerprint density at radius 1 is 0.897 bits per heavy atom. The highest BCUT2D eigenvalue weighted by Gasteiger charge is 2.10. The number of benzene rings is 3. The molecule has 1 aromatic heterocycles. The Morgan fingerprint density at radius 3 is 2.24 bits per heavy atom. The number of aromatic nitrogens is 1. The lowest BCUT2D eigenvalue weighted by molar-refractivity contribution is 0.0950. The van der Waals surface area contributed by atoms with Gasteiger partial charge in [0.25, 0.3) is 5.91 Å². The third-order valence-corrected chi connectivity index (χ3v) is 4.62. The highest BCUT2D eigenvalue weighted by atomic mass is 16.5. The van der Waals surface area contributed by atoms with Crippen molar-refractivity contribution in [2.75, 3.05) is 7.11 Å². The van der Waals surface area contributed by atoms with E-state index >= 15 is 0 Å². The monoisotopic (exact) mass is 384 g/mol. The molecule has 0 aliphatic carbocycles. The van der Waals surface area contributed by atoms with E-state index in [2.05, 4.69) is 34.7 Å². The summed E-state index contributed by atoms with van der Waals surface area (Å²) in [6.07, 6.45) is 0. The van der Waals surface area contributed by atoms with Gasteiger partial charge in [-0.05, 0) is 35.4 Å². The predicted molar refractivity (Wildman–Crippen MR) is 112 cm³/mol. The van der Waals surface area contributed by atoms with E-state index in [0.29, 0.717) is 22.8 Å². The number of carbonyl (C=O) groups is 1. The summed E-state index contributed by atoms with van der Waals surface area (Å²) in [5.74, 6) is 1.20. The highest BCUT2D eigenvalue weighted by molar-refractivity contribution is 5.94. The molecule has 1 N–H and O–H groups in total. The van der Waals surface area contributed by atoms with Gasteiger partial charge in [0.2, 0.25) is 0 Å². The smallest absolute Gasteiger partial charge is 0.251 e. The zero-order valence-electron chi connectivity index (χ0n) is 16.0. The summed E-state index contributed by atoms with van der Waals surface area (Å²) < 4.78 is 10.5. The minimum absolute atomic E-state index is 0.176. The topological polar surface area (TPSA) is 64.4 Å². The third kappa shape index (κ3) is 4.35. The second-order valence-electron chi connectivity index (χ2n) is 6.54. The molecule has 0 spiro atoms. The molecule has 1 heterocycles. The van der Waals surface area contributed by atoms with Crippen molar-refractivity contribution in [3.8, 4) is 28.2 Å². The number of nitrogens with one attached hydrogen (secondary N) is 1. The zero-order chi connectivity index (χ0) is 20.1. The number of carbonyl (C=O) groups excluding carboxylic acids is 1. The summed E-state index contributed by atoms with van der Waals surface area (Å²) >= 11 is 0. The number of amides is 1. The molecule has 144 valence electrons. The highest BCUT2D eigenvalue weighted by Crippen LogP contribution is 2.25. The number of rotatable bonds is 6. The molecule has 0 radical (unpaired) electrons.